The zero-order chi connectivity index (χ0) is 19.0. The Balaban J connectivity index is 1.45. The molecule has 2 aliphatic heterocycles. The molecule has 2 aromatic heterocycles. The molecular formula is C16H20ClN7O3. The first-order valence-electron chi connectivity index (χ1n) is 8.76. The van der Waals surface area contributed by atoms with Gasteiger partial charge in [0.1, 0.15) is 11.0 Å². The van der Waals surface area contributed by atoms with E-state index < -0.39 is 6.09 Å². The summed E-state index contributed by atoms with van der Waals surface area (Å²) in [5, 5.41) is 31.8. The van der Waals surface area contributed by atoms with E-state index in [2.05, 4.69) is 30.8 Å². The van der Waals surface area contributed by atoms with Crippen LogP contribution in [0.2, 0.25) is 5.15 Å². The third kappa shape index (κ3) is 3.76. The Morgan fingerprint density at radius 3 is 2.63 bits per heavy atom. The molecule has 2 aliphatic rings. The van der Waals surface area contributed by atoms with Crippen LogP contribution in [-0.2, 0) is 6.61 Å². The van der Waals surface area contributed by atoms with Crippen molar-refractivity contribution in [2.75, 3.05) is 10.6 Å². The van der Waals surface area contributed by atoms with Gasteiger partial charge < -0.3 is 25.7 Å². The summed E-state index contributed by atoms with van der Waals surface area (Å²) < 4.78 is 0. The highest BCUT2D eigenvalue weighted by Crippen LogP contribution is 2.36. The number of aromatic amines is 1. The molecule has 5 N–H and O–H groups in total. The fourth-order valence-electron chi connectivity index (χ4n) is 3.97. The smallest absolute Gasteiger partial charge is 0.407 e. The van der Waals surface area contributed by atoms with Crippen molar-refractivity contribution in [3.05, 3.63) is 23.0 Å². The molecule has 0 saturated carbocycles. The van der Waals surface area contributed by atoms with Gasteiger partial charge >= 0.3 is 6.09 Å². The van der Waals surface area contributed by atoms with Gasteiger partial charge in [0.05, 0.1) is 12.3 Å². The molecule has 2 saturated heterocycles. The van der Waals surface area contributed by atoms with E-state index in [9.17, 15) is 9.90 Å². The molecule has 4 heterocycles. The number of aliphatic hydroxyl groups is 1. The summed E-state index contributed by atoms with van der Waals surface area (Å²) in [4.78, 5) is 21.6. The average molecular weight is 394 g/mol. The summed E-state index contributed by atoms with van der Waals surface area (Å²) in [6.07, 6.45) is 2.39. The molecule has 0 spiro atoms. The Labute approximate surface area is 160 Å². The highest BCUT2D eigenvalue weighted by atomic mass is 35.5. The molecule has 27 heavy (non-hydrogen) atoms. The molecule has 0 radical (unpaired) electrons. The number of aliphatic hydroxyl groups excluding tert-OH is 1. The second-order valence-corrected chi connectivity index (χ2v) is 7.24. The second-order valence-electron chi connectivity index (χ2n) is 6.85. The fourth-order valence-corrected chi connectivity index (χ4v) is 4.16. The lowest BCUT2D eigenvalue weighted by atomic mass is 9.98. The number of carboxylic acid groups (broad SMARTS) is 1. The van der Waals surface area contributed by atoms with Gasteiger partial charge in [0.15, 0.2) is 5.82 Å². The molecule has 144 valence electrons. The Bertz CT molecular complexity index is 831. The first-order chi connectivity index (χ1) is 13.0. The minimum Gasteiger partial charge on any atom is -0.465 e. The Morgan fingerprint density at radius 1 is 1.26 bits per heavy atom. The molecule has 4 rings (SSSR count). The van der Waals surface area contributed by atoms with Gasteiger partial charge in [0, 0.05) is 30.3 Å². The van der Waals surface area contributed by atoms with Gasteiger partial charge in [-0.05, 0) is 25.7 Å². The van der Waals surface area contributed by atoms with Crippen molar-refractivity contribution in [2.24, 2.45) is 0 Å². The summed E-state index contributed by atoms with van der Waals surface area (Å²) in [5.41, 5.74) is 0.580. The zero-order valence-corrected chi connectivity index (χ0v) is 15.1. The minimum atomic E-state index is -0.840. The molecular weight excluding hydrogens is 374 g/mol. The van der Waals surface area contributed by atoms with Crippen LogP contribution in [0.3, 0.4) is 0 Å². The number of nitrogens with zero attached hydrogens (tertiary/aromatic N) is 4. The Hall–Kier alpha value is -2.59. The molecule has 2 aromatic rings. The maximum atomic E-state index is 11.4. The fraction of sp³-hybridized carbons (Fsp3) is 0.500. The first-order valence-corrected chi connectivity index (χ1v) is 9.14. The third-order valence-electron chi connectivity index (χ3n) is 5.04. The number of hydrogen-bond donors (Lipinski definition) is 5. The monoisotopic (exact) mass is 393 g/mol. The van der Waals surface area contributed by atoms with Crippen LogP contribution in [0.4, 0.5) is 22.4 Å². The van der Waals surface area contributed by atoms with Crippen molar-refractivity contribution >= 4 is 35.3 Å². The summed E-state index contributed by atoms with van der Waals surface area (Å²) >= 11 is 6.12. The van der Waals surface area contributed by atoms with Crippen LogP contribution in [0.15, 0.2) is 12.1 Å². The molecule has 3 atom stereocenters. The predicted octanol–water partition coefficient (Wildman–Crippen LogP) is 2.17. The van der Waals surface area contributed by atoms with Gasteiger partial charge in [-0.3, -0.25) is 5.10 Å². The van der Waals surface area contributed by atoms with Crippen molar-refractivity contribution in [1.82, 2.24) is 25.1 Å². The maximum Gasteiger partial charge on any atom is 0.407 e. The van der Waals surface area contributed by atoms with Crippen molar-refractivity contribution in [3.8, 4) is 0 Å². The lowest BCUT2D eigenvalue weighted by molar-refractivity contribution is 0.0993. The van der Waals surface area contributed by atoms with Gasteiger partial charge in [0.25, 0.3) is 0 Å². The van der Waals surface area contributed by atoms with E-state index in [1.807, 2.05) is 0 Å². The summed E-state index contributed by atoms with van der Waals surface area (Å²) in [6.45, 7) is -0.136. The topological polar surface area (TPSA) is 139 Å². The summed E-state index contributed by atoms with van der Waals surface area (Å²) in [5.74, 6) is 1.36. The van der Waals surface area contributed by atoms with Crippen LogP contribution in [0.5, 0.6) is 0 Å². The summed E-state index contributed by atoms with van der Waals surface area (Å²) in [6, 6.07) is 3.42. The number of anilines is 3. The van der Waals surface area contributed by atoms with E-state index in [1.165, 1.54) is 0 Å². The number of aromatic nitrogens is 4. The van der Waals surface area contributed by atoms with Gasteiger partial charge in [-0.2, -0.15) is 10.1 Å². The van der Waals surface area contributed by atoms with Crippen molar-refractivity contribution < 1.29 is 15.0 Å². The molecule has 10 nitrogen and oxygen atoms in total. The summed E-state index contributed by atoms with van der Waals surface area (Å²) in [7, 11) is 0. The lowest BCUT2D eigenvalue weighted by Gasteiger charge is -2.37. The quantitative estimate of drug-likeness (QED) is 0.487. The maximum absolute atomic E-state index is 11.4. The molecule has 0 unspecified atom stereocenters. The van der Waals surface area contributed by atoms with Gasteiger partial charge in [0.2, 0.25) is 5.95 Å². The molecule has 0 aliphatic carbocycles. The number of carbonyl (C=O) groups is 1. The van der Waals surface area contributed by atoms with E-state index in [4.69, 9.17) is 16.7 Å². The largest absolute Gasteiger partial charge is 0.465 e. The second kappa shape index (κ2) is 7.20. The lowest BCUT2D eigenvalue weighted by Crippen LogP contribution is -2.49. The number of rotatable bonds is 5. The van der Waals surface area contributed by atoms with Gasteiger partial charge in [-0.1, -0.05) is 11.6 Å². The van der Waals surface area contributed by atoms with Crippen LogP contribution < -0.4 is 10.6 Å². The molecule has 0 aromatic carbocycles. The molecule has 2 bridgehead atoms. The highest BCUT2D eigenvalue weighted by molar-refractivity contribution is 6.29. The first kappa shape index (κ1) is 17.8. The number of hydrogen-bond acceptors (Lipinski definition) is 7. The van der Waals surface area contributed by atoms with Gasteiger partial charge in [-0.15, -0.1) is 0 Å². The number of amides is 1. The highest BCUT2D eigenvalue weighted by Gasteiger charge is 2.43. The molecule has 1 amide bonds. The standard InChI is InChI=1S/C16H20ClN7O3/c17-12-6-13(20-14-5-9(7-25)22-23-14)21-15(19-12)18-8-3-10-1-2-11(4-8)24(10)16(26)27/h5-6,8,10-11,25H,1-4,7H2,(H,26,27)(H3,18,19,20,21,22,23)/t8-,10-,11+. The van der Waals surface area contributed by atoms with Gasteiger partial charge in [-0.25, -0.2) is 9.78 Å². The van der Waals surface area contributed by atoms with Crippen LogP contribution >= 0.6 is 11.6 Å². The zero-order valence-electron chi connectivity index (χ0n) is 14.4. The molecule has 2 fully saturated rings. The Morgan fingerprint density at radius 2 is 2.00 bits per heavy atom. The number of nitrogens with one attached hydrogen (secondary N) is 3. The van der Waals surface area contributed by atoms with Crippen LogP contribution in [0, 0.1) is 0 Å². The van der Waals surface area contributed by atoms with Crippen LogP contribution in [0.1, 0.15) is 31.4 Å². The van der Waals surface area contributed by atoms with E-state index in [1.54, 1.807) is 17.0 Å². The predicted molar refractivity (Wildman–Crippen MR) is 98.2 cm³/mol. The number of H-pyrrole nitrogens is 1. The Kier molecular flexibility index (Phi) is 4.75. The number of fused-ring (bicyclic) bond motifs is 2. The van der Waals surface area contributed by atoms with Crippen LogP contribution in [-0.4, -0.2) is 59.5 Å². The van der Waals surface area contributed by atoms with E-state index in [0.29, 0.717) is 23.3 Å². The van der Waals surface area contributed by atoms with Crippen molar-refractivity contribution in [1.29, 1.82) is 0 Å². The average Bonchev–Trinajstić information content (AvgIpc) is 3.16. The number of piperidine rings is 1. The molecule has 11 heteroatoms. The van der Waals surface area contributed by atoms with E-state index >= 15 is 0 Å². The third-order valence-corrected chi connectivity index (χ3v) is 5.23. The SMILES string of the molecule is O=C(O)N1[C@@H]2CC[C@H]1C[C@H](Nc1nc(Cl)cc(Nc3cc(CO)[nH]n3)n1)C2. The number of halogens is 1. The van der Waals surface area contributed by atoms with Crippen molar-refractivity contribution in [2.45, 2.75) is 50.4 Å². The van der Waals surface area contributed by atoms with Crippen LogP contribution in [0.25, 0.3) is 0 Å². The minimum absolute atomic E-state index is 0.0384. The van der Waals surface area contributed by atoms with E-state index in [0.717, 1.165) is 25.7 Å². The normalized spacial score (nSPS) is 24.1. The van der Waals surface area contributed by atoms with E-state index in [-0.39, 0.29) is 29.9 Å². The van der Waals surface area contributed by atoms with Crippen molar-refractivity contribution in [3.63, 3.8) is 0 Å².